The minimum Gasteiger partial charge on any atom is -0.454 e. The van der Waals surface area contributed by atoms with Crippen LogP contribution in [0.25, 0.3) is 10.9 Å². The van der Waals surface area contributed by atoms with Gasteiger partial charge in [0.1, 0.15) is 0 Å². The number of ketones is 1. The van der Waals surface area contributed by atoms with Crippen LogP contribution >= 0.6 is 0 Å². The van der Waals surface area contributed by atoms with Crippen molar-refractivity contribution < 1.29 is 22.7 Å². The van der Waals surface area contributed by atoms with E-state index in [0.29, 0.717) is 31.5 Å². The predicted molar refractivity (Wildman–Crippen MR) is 102 cm³/mol. The number of hydrogen-bond acceptors (Lipinski definition) is 5. The van der Waals surface area contributed by atoms with Gasteiger partial charge >= 0.3 is 5.97 Å². The zero-order valence-corrected chi connectivity index (χ0v) is 16.3. The van der Waals surface area contributed by atoms with Crippen molar-refractivity contribution in [2.75, 3.05) is 18.8 Å². The summed E-state index contributed by atoms with van der Waals surface area (Å²) < 4.78 is 30.6. The molecule has 1 saturated heterocycles. The molecule has 1 aliphatic heterocycles. The second kappa shape index (κ2) is 7.82. The first kappa shape index (κ1) is 19.6. The Kier molecular flexibility index (Phi) is 5.67. The smallest absolute Gasteiger partial charge is 0.309 e. The topological polar surface area (TPSA) is 96.5 Å². The number of benzene rings is 1. The number of rotatable bonds is 6. The Bertz CT molecular complexity index is 942. The summed E-state index contributed by atoms with van der Waals surface area (Å²) in [6.45, 7) is 3.79. The maximum absolute atomic E-state index is 12.7. The van der Waals surface area contributed by atoms with Crippen molar-refractivity contribution in [3.63, 3.8) is 0 Å². The van der Waals surface area contributed by atoms with E-state index >= 15 is 0 Å². The molecule has 0 spiro atoms. The van der Waals surface area contributed by atoms with Gasteiger partial charge in [0.2, 0.25) is 15.8 Å². The molecule has 1 aromatic carbocycles. The van der Waals surface area contributed by atoms with E-state index in [1.165, 1.54) is 4.31 Å². The van der Waals surface area contributed by atoms with Crippen LogP contribution in [0, 0.1) is 5.92 Å². The number of piperidine rings is 1. The van der Waals surface area contributed by atoms with Gasteiger partial charge in [-0.25, -0.2) is 12.7 Å². The fraction of sp³-hybridized carbons (Fsp3) is 0.474. The lowest BCUT2D eigenvalue weighted by molar-refractivity contribution is -0.152. The van der Waals surface area contributed by atoms with Crippen molar-refractivity contribution in [1.29, 1.82) is 0 Å². The lowest BCUT2D eigenvalue weighted by Gasteiger charge is -2.30. The van der Waals surface area contributed by atoms with Crippen LogP contribution in [-0.2, 0) is 19.6 Å². The fourth-order valence-electron chi connectivity index (χ4n) is 3.37. The SMILES string of the molecule is CCS(=O)(=O)N1CCC(C(=O)O[C@@H](C)C(=O)c2c[nH]c3ccccc23)CC1. The van der Waals surface area contributed by atoms with Gasteiger partial charge in [-0.2, -0.15) is 0 Å². The Labute approximate surface area is 158 Å². The van der Waals surface area contributed by atoms with Crippen LogP contribution in [0.5, 0.6) is 0 Å². The summed E-state index contributed by atoms with van der Waals surface area (Å²) in [4.78, 5) is 28.1. The number of hydrogen-bond donors (Lipinski definition) is 1. The van der Waals surface area contributed by atoms with Gasteiger partial charge in [-0.05, 0) is 32.8 Å². The zero-order valence-electron chi connectivity index (χ0n) is 15.5. The van der Waals surface area contributed by atoms with Gasteiger partial charge in [-0.1, -0.05) is 18.2 Å². The number of nitrogens with one attached hydrogen (secondary N) is 1. The highest BCUT2D eigenvalue weighted by molar-refractivity contribution is 7.89. The Balaban J connectivity index is 1.60. The molecule has 1 N–H and O–H groups in total. The molecule has 1 fully saturated rings. The molecular formula is C19H24N2O5S. The predicted octanol–water partition coefficient (Wildman–Crippen LogP) is 2.34. The third-order valence-electron chi connectivity index (χ3n) is 5.06. The highest BCUT2D eigenvalue weighted by atomic mass is 32.2. The van der Waals surface area contributed by atoms with E-state index in [2.05, 4.69) is 4.98 Å². The summed E-state index contributed by atoms with van der Waals surface area (Å²) in [6.07, 6.45) is 1.55. The molecule has 0 bridgehead atoms. The average molecular weight is 392 g/mol. The highest BCUT2D eigenvalue weighted by Gasteiger charge is 2.32. The number of ether oxygens (including phenoxy) is 1. The number of aromatic nitrogens is 1. The monoisotopic (exact) mass is 392 g/mol. The number of H-pyrrole nitrogens is 1. The van der Waals surface area contributed by atoms with E-state index in [4.69, 9.17) is 4.74 Å². The summed E-state index contributed by atoms with van der Waals surface area (Å²) >= 11 is 0. The summed E-state index contributed by atoms with van der Waals surface area (Å²) in [5, 5.41) is 0.795. The maximum atomic E-state index is 12.7. The number of fused-ring (bicyclic) bond motifs is 1. The number of esters is 1. The normalized spacial score (nSPS) is 17.7. The van der Waals surface area contributed by atoms with E-state index < -0.39 is 22.1 Å². The second-order valence-electron chi connectivity index (χ2n) is 6.77. The molecule has 146 valence electrons. The molecular weight excluding hydrogens is 368 g/mol. The molecule has 0 saturated carbocycles. The third-order valence-corrected chi connectivity index (χ3v) is 6.94. The van der Waals surface area contributed by atoms with Gasteiger partial charge < -0.3 is 9.72 Å². The molecule has 2 aromatic rings. The largest absolute Gasteiger partial charge is 0.454 e. The average Bonchev–Trinajstić information content (AvgIpc) is 3.11. The summed E-state index contributed by atoms with van der Waals surface area (Å²) in [6, 6.07) is 7.45. The molecule has 0 radical (unpaired) electrons. The van der Waals surface area contributed by atoms with Gasteiger partial charge in [0.05, 0.1) is 11.7 Å². The Morgan fingerprint density at radius 3 is 2.59 bits per heavy atom. The Morgan fingerprint density at radius 2 is 1.93 bits per heavy atom. The molecule has 2 heterocycles. The Hall–Kier alpha value is -2.19. The second-order valence-corrected chi connectivity index (χ2v) is 9.02. The maximum Gasteiger partial charge on any atom is 0.309 e. The summed E-state index contributed by atoms with van der Waals surface area (Å²) in [5.41, 5.74) is 1.35. The third kappa shape index (κ3) is 4.06. The molecule has 1 aromatic heterocycles. The molecule has 0 unspecified atom stereocenters. The number of carbonyl (C=O) groups is 2. The fourth-order valence-corrected chi connectivity index (χ4v) is 4.50. The standard InChI is InChI=1S/C19H24N2O5S/c1-3-27(24,25)21-10-8-14(9-11-21)19(23)26-13(2)18(22)16-12-20-17-7-5-4-6-15(16)17/h4-7,12-14,20H,3,8-11H2,1-2H3/t13-/m0/s1. The van der Waals surface area contributed by atoms with Crippen molar-refractivity contribution in [3.8, 4) is 0 Å². The van der Waals surface area contributed by atoms with Gasteiger partial charge in [0.25, 0.3) is 0 Å². The number of carbonyl (C=O) groups excluding carboxylic acids is 2. The van der Waals surface area contributed by atoms with Gasteiger partial charge in [0, 0.05) is 35.8 Å². The lowest BCUT2D eigenvalue weighted by Crippen LogP contribution is -2.42. The molecule has 7 nitrogen and oxygen atoms in total. The minimum atomic E-state index is -3.23. The van der Waals surface area contributed by atoms with E-state index in [9.17, 15) is 18.0 Å². The number of para-hydroxylation sites is 1. The first-order valence-electron chi connectivity index (χ1n) is 9.12. The number of Topliss-reactive ketones (excluding diaryl/α,β-unsaturated/α-hetero) is 1. The quantitative estimate of drug-likeness (QED) is 0.601. The number of nitrogens with zero attached hydrogens (tertiary/aromatic N) is 1. The molecule has 1 aliphatic rings. The van der Waals surface area contributed by atoms with Crippen LogP contribution < -0.4 is 0 Å². The van der Waals surface area contributed by atoms with Gasteiger partial charge in [-0.3, -0.25) is 9.59 Å². The molecule has 0 amide bonds. The van der Waals surface area contributed by atoms with Crippen molar-refractivity contribution in [3.05, 3.63) is 36.0 Å². The van der Waals surface area contributed by atoms with Crippen molar-refractivity contribution in [2.24, 2.45) is 5.92 Å². The minimum absolute atomic E-state index is 0.0538. The molecule has 1 atom stereocenters. The highest BCUT2D eigenvalue weighted by Crippen LogP contribution is 2.23. The van der Waals surface area contributed by atoms with Crippen LogP contribution in [0.15, 0.2) is 30.5 Å². The lowest BCUT2D eigenvalue weighted by atomic mass is 9.98. The molecule has 0 aliphatic carbocycles. The summed E-state index contributed by atoms with van der Waals surface area (Å²) in [5.74, 6) is -1.03. The van der Waals surface area contributed by atoms with E-state index in [0.717, 1.165) is 10.9 Å². The first-order valence-corrected chi connectivity index (χ1v) is 10.7. The molecule has 8 heteroatoms. The van der Waals surface area contributed by atoms with Crippen LogP contribution in [0.4, 0.5) is 0 Å². The first-order chi connectivity index (χ1) is 12.8. The zero-order chi connectivity index (χ0) is 19.6. The molecule has 27 heavy (non-hydrogen) atoms. The van der Waals surface area contributed by atoms with Crippen LogP contribution in [0.3, 0.4) is 0 Å². The number of aromatic amines is 1. The van der Waals surface area contributed by atoms with Crippen molar-refractivity contribution in [1.82, 2.24) is 9.29 Å². The molecule has 3 rings (SSSR count). The number of sulfonamides is 1. The van der Waals surface area contributed by atoms with Gasteiger partial charge in [-0.15, -0.1) is 0 Å². The van der Waals surface area contributed by atoms with E-state index in [-0.39, 0.29) is 17.5 Å². The van der Waals surface area contributed by atoms with Gasteiger partial charge in [0.15, 0.2) is 6.10 Å². The van der Waals surface area contributed by atoms with E-state index in [1.807, 2.05) is 24.3 Å². The van der Waals surface area contributed by atoms with Crippen LogP contribution in [0.1, 0.15) is 37.0 Å². The Morgan fingerprint density at radius 1 is 1.26 bits per heavy atom. The van der Waals surface area contributed by atoms with Crippen LogP contribution in [-0.4, -0.2) is 54.4 Å². The van der Waals surface area contributed by atoms with Crippen molar-refractivity contribution in [2.45, 2.75) is 32.8 Å². The summed E-state index contributed by atoms with van der Waals surface area (Å²) in [7, 11) is -3.23. The van der Waals surface area contributed by atoms with E-state index in [1.54, 1.807) is 20.0 Å². The van der Waals surface area contributed by atoms with Crippen molar-refractivity contribution >= 4 is 32.7 Å². The van der Waals surface area contributed by atoms with Crippen LogP contribution in [0.2, 0.25) is 0 Å².